The summed E-state index contributed by atoms with van der Waals surface area (Å²) in [6, 6.07) is 8.97. The average molecular weight is 296 g/mol. The van der Waals surface area contributed by atoms with E-state index < -0.39 is 0 Å². The Morgan fingerprint density at radius 3 is 2.18 bits per heavy atom. The minimum Gasteiger partial charge on any atom is -0.103 e. The molecule has 1 aromatic carbocycles. The molecule has 0 N–H and O–H groups in total. The van der Waals surface area contributed by atoms with E-state index in [1.807, 2.05) is 6.08 Å². The topological polar surface area (TPSA) is 0 Å². The van der Waals surface area contributed by atoms with Crippen LogP contribution < -0.4 is 0 Å². The summed E-state index contributed by atoms with van der Waals surface area (Å²) in [4.78, 5) is 0. The van der Waals surface area contributed by atoms with Crippen molar-refractivity contribution in [3.05, 3.63) is 72.4 Å². The fourth-order valence-electron chi connectivity index (χ4n) is 2.46. The van der Waals surface area contributed by atoms with Gasteiger partial charge in [0.1, 0.15) is 0 Å². The minimum absolute atomic E-state index is 0.983. The number of hydrogen-bond donors (Lipinski definition) is 0. The van der Waals surface area contributed by atoms with Gasteiger partial charge in [-0.15, -0.1) is 6.58 Å². The Bertz CT molecular complexity index is 434. The van der Waals surface area contributed by atoms with Gasteiger partial charge in [0.25, 0.3) is 0 Å². The van der Waals surface area contributed by atoms with E-state index in [2.05, 4.69) is 62.1 Å². The molecule has 120 valence electrons. The molecule has 0 bridgehead atoms. The van der Waals surface area contributed by atoms with Crippen LogP contribution in [0.3, 0.4) is 0 Å². The zero-order valence-corrected chi connectivity index (χ0v) is 14.3. The summed E-state index contributed by atoms with van der Waals surface area (Å²) in [5.41, 5.74) is 2.84. The highest BCUT2D eigenvalue weighted by molar-refractivity contribution is 5.21. The monoisotopic (exact) mass is 296 g/mol. The van der Waals surface area contributed by atoms with E-state index >= 15 is 0 Å². The van der Waals surface area contributed by atoms with Gasteiger partial charge in [0.2, 0.25) is 0 Å². The van der Waals surface area contributed by atoms with Crippen molar-refractivity contribution >= 4 is 0 Å². The first-order chi connectivity index (χ1) is 10.8. The highest BCUT2D eigenvalue weighted by atomic mass is 14.0. The SMILES string of the molecule is C=CC/C=C\C/C=C\CCCCCCCc1ccc(C)cc1. The van der Waals surface area contributed by atoms with Crippen LogP contribution in [-0.2, 0) is 6.42 Å². The molecule has 0 amide bonds. The fourth-order valence-corrected chi connectivity index (χ4v) is 2.46. The van der Waals surface area contributed by atoms with Gasteiger partial charge in [-0.2, -0.15) is 0 Å². The summed E-state index contributed by atoms with van der Waals surface area (Å²) in [7, 11) is 0. The Balaban J connectivity index is 1.90. The molecule has 0 aliphatic carbocycles. The number of rotatable bonds is 12. The van der Waals surface area contributed by atoms with Crippen LogP contribution in [0, 0.1) is 6.92 Å². The van der Waals surface area contributed by atoms with E-state index in [1.54, 1.807) is 0 Å². The molecule has 0 atom stereocenters. The maximum Gasteiger partial charge on any atom is -0.0169 e. The standard InChI is InChI=1S/C22H32/c1-3-4-5-6-7-8-9-10-11-12-13-14-15-16-22-19-17-21(2)18-20-22/h3,5-6,8-9,17-20H,1,4,7,10-16H2,2H3/b6-5-,9-8-. The Morgan fingerprint density at radius 1 is 0.773 bits per heavy atom. The van der Waals surface area contributed by atoms with Gasteiger partial charge >= 0.3 is 0 Å². The molecule has 0 unspecified atom stereocenters. The lowest BCUT2D eigenvalue weighted by molar-refractivity contribution is 0.617. The van der Waals surface area contributed by atoms with Gasteiger partial charge in [0.15, 0.2) is 0 Å². The van der Waals surface area contributed by atoms with Crippen LogP contribution in [0.15, 0.2) is 61.2 Å². The van der Waals surface area contributed by atoms with Gasteiger partial charge in [-0.25, -0.2) is 0 Å². The van der Waals surface area contributed by atoms with E-state index in [0.29, 0.717) is 0 Å². The van der Waals surface area contributed by atoms with Crippen LogP contribution in [0.4, 0.5) is 0 Å². The lowest BCUT2D eigenvalue weighted by Crippen LogP contribution is -1.86. The first-order valence-electron chi connectivity index (χ1n) is 8.79. The third-order valence-corrected chi connectivity index (χ3v) is 3.87. The van der Waals surface area contributed by atoms with E-state index in [-0.39, 0.29) is 0 Å². The smallest absolute Gasteiger partial charge is 0.0169 e. The van der Waals surface area contributed by atoms with Gasteiger partial charge in [0, 0.05) is 0 Å². The molecule has 0 aliphatic rings. The van der Waals surface area contributed by atoms with Crippen LogP contribution in [0.25, 0.3) is 0 Å². The maximum atomic E-state index is 3.70. The van der Waals surface area contributed by atoms with Crippen molar-refractivity contribution in [3.63, 3.8) is 0 Å². The number of unbranched alkanes of at least 4 members (excludes halogenated alkanes) is 5. The van der Waals surface area contributed by atoms with Gasteiger partial charge in [-0.3, -0.25) is 0 Å². The molecule has 0 saturated heterocycles. The minimum atomic E-state index is 0.983. The van der Waals surface area contributed by atoms with Crippen molar-refractivity contribution in [1.29, 1.82) is 0 Å². The molecular weight excluding hydrogens is 264 g/mol. The quantitative estimate of drug-likeness (QED) is 0.289. The lowest BCUT2D eigenvalue weighted by Gasteiger charge is -2.02. The third kappa shape index (κ3) is 10.2. The van der Waals surface area contributed by atoms with Crippen LogP contribution >= 0.6 is 0 Å². The normalized spacial score (nSPS) is 11.5. The number of benzene rings is 1. The molecule has 1 aromatic rings. The summed E-state index contributed by atoms with van der Waals surface area (Å²) in [6.07, 6.45) is 22.2. The molecule has 0 fully saturated rings. The molecular formula is C22H32. The van der Waals surface area contributed by atoms with E-state index in [4.69, 9.17) is 0 Å². The molecule has 0 spiro atoms. The van der Waals surface area contributed by atoms with Crippen molar-refractivity contribution in [1.82, 2.24) is 0 Å². The summed E-state index contributed by atoms with van der Waals surface area (Å²) in [6.45, 7) is 5.85. The highest BCUT2D eigenvalue weighted by Crippen LogP contribution is 2.11. The van der Waals surface area contributed by atoms with Crippen LogP contribution in [0.2, 0.25) is 0 Å². The van der Waals surface area contributed by atoms with Crippen molar-refractivity contribution in [2.24, 2.45) is 0 Å². The van der Waals surface area contributed by atoms with Gasteiger partial charge in [0.05, 0.1) is 0 Å². The van der Waals surface area contributed by atoms with Gasteiger partial charge < -0.3 is 0 Å². The zero-order valence-electron chi connectivity index (χ0n) is 14.3. The zero-order chi connectivity index (χ0) is 15.9. The molecule has 0 nitrogen and oxygen atoms in total. The highest BCUT2D eigenvalue weighted by Gasteiger charge is 1.94. The molecule has 1 rings (SSSR count). The largest absolute Gasteiger partial charge is 0.103 e. The Morgan fingerprint density at radius 2 is 1.41 bits per heavy atom. The van der Waals surface area contributed by atoms with Crippen LogP contribution in [0.1, 0.15) is 62.5 Å². The summed E-state index contributed by atoms with van der Waals surface area (Å²) in [5, 5.41) is 0. The second-order valence-electron chi connectivity index (χ2n) is 5.99. The second-order valence-corrected chi connectivity index (χ2v) is 5.99. The molecule has 0 saturated carbocycles. The number of hydrogen-bond acceptors (Lipinski definition) is 0. The summed E-state index contributed by atoms with van der Waals surface area (Å²) < 4.78 is 0. The maximum absolute atomic E-state index is 3.70. The number of aryl methyl sites for hydroxylation is 2. The molecule has 0 heteroatoms. The third-order valence-electron chi connectivity index (χ3n) is 3.87. The number of allylic oxidation sites excluding steroid dienone is 5. The fraction of sp³-hybridized carbons (Fsp3) is 0.455. The molecule has 22 heavy (non-hydrogen) atoms. The molecule has 0 heterocycles. The summed E-state index contributed by atoms with van der Waals surface area (Å²) in [5.74, 6) is 0. The molecule has 0 radical (unpaired) electrons. The predicted octanol–water partition coefficient (Wildman–Crippen LogP) is 6.96. The lowest BCUT2D eigenvalue weighted by atomic mass is 10.0. The first kappa shape index (κ1) is 18.5. The second kappa shape index (κ2) is 13.1. The average Bonchev–Trinajstić information content (AvgIpc) is 2.53. The van der Waals surface area contributed by atoms with Crippen molar-refractivity contribution in [3.8, 4) is 0 Å². The predicted molar refractivity (Wildman–Crippen MR) is 100 cm³/mol. The van der Waals surface area contributed by atoms with E-state index in [0.717, 1.165) is 12.8 Å². The Labute approximate surface area is 137 Å². The first-order valence-corrected chi connectivity index (χ1v) is 8.79. The van der Waals surface area contributed by atoms with Crippen molar-refractivity contribution in [2.75, 3.05) is 0 Å². The van der Waals surface area contributed by atoms with Crippen LogP contribution in [0.5, 0.6) is 0 Å². The Hall–Kier alpha value is -1.56. The van der Waals surface area contributed by atoms with Crippen molar-refractivity contribution in [2.45, 2.75) is 64.7 Å². The van der Waals surface area contributed by atoms with Gasteiger partial charge in [-0.05, 0) is 51.0 Å². The summed E-state index contributed by atoms with van der Waals surface area (Å²) >= 11 is 0. The van der Waals surface area contributed by atoms with Crippen molar-refractivity contribution < 1.29 is 0 Å². The van der Waals surface area contributed by atoms with Gasteiger partial charge in [-0.1, -0.05) is 79.5 Å². The Kier molecular flexibility index (Phi) is 11.0. The van der Waals surface area contributed by atoms with E-state index in [1.165, 1.54) is 56.1 Å². The molecule has 0 aromatic heterocycles. The van der Waals surface area contributed by atoms with Crippen LogP contribution in [-0.4, -0.2) is 0 Å². The van der Waals surface area contributed by atoms with E-state index in [9.17, 15) is 0 Å². The molecule has 0 aliphatic heterocycles.